The van der Waals surface area contributed by atoms with Crippen LogP contribution in [-0.4, -0.2) is 22.5 Å². The number of rotatable bonds is 6. The van der Waals surface area contributed by atoms with Crippen LogP contribution in [0, 0.1) is 5.41 Å². The van der Waals surface area contributed by atoms with Crippen LogP contribution in [0.15, 0.2) is 66.1 Å². The Hall–Kier alpha value is -3.08. The highest BCUT2D eigenvalue weighted by molar-refractivity contribution is 6.01. The van der Waals surface area contributed by atoms with Crippen LogP contribution in [0.5, 0.6) is 0 Å². The molecule has 1 aliphatic rings. The number of allylic oxidation sites excluding steroid dienone is 2. The summed E-state index contributed by atoms with van der Waals surface area (Å²) in [4.78, 5) is 42.0. The standard InChI is InChI=1S/C24H25NO4/c1-16(26)29-22-15-24(2,3)14-21(28)23(22)18(17-9-5-4-6-10-17)13-20(27)19-11-7-8-12-25-19/h4-12,18H,13-15H2,1-3H3/t18-/m0/s1. The van der Waals surface area contributed by atoms with E-state index in [1.54, 1.807) is 24.4 Å². The van der Waals surface area contributed by atoms with E-state index in [9.17, 15) is 14.4 Å². The molecule has 150 valence electrons. The van der Waals surface area contributed by atoms with E-state index in [1.165, 1.54) is 6.92 Å². The van der Waals surface area contributed by atoms with Crippen molar-refractivity contribution in [3.8, 4) is 0 Å². The predicted octanol–water partition coefficient (Wildman–Crippen LogP) is 4.64. The lowest BCUT2D eigenvalue weighted by Crippen LogP contribution is -2.30. The highest BCUT2D eigenvalue weighted by atomic mass is 16.5. The van der Waals surface area contributed by atoms with Crippen LogP contribution in [0.1, 0.15) is 62.0 Å². The summed E-state index contributed by atoms with van der Waals surface area (Å²) < 4.78 is 5.49. The van der Waals surface area contributed by atoms with Crippen molar-refractivity contribution < 1.29 is 19.1 Å². The number of hydrogen-bond donors (Lipinski definition) is 0. The third-order valence-corrected chi connectivity index (χ3v) is 5.04. The minimum Gasteiger partial charge on any atom is -0.431 e. The highest BCUT2D eigenvalue weighted by Crippen LogP contribution is 2.43. The van der Waals surface area contributed by atoms with Gasteiger partial charge < -0.3 is 4.74 Å². The fourth-order valence-electron chi connectivity index (χ4n) is 3.82. The van der Waals surface area contributed by atoms with E-state index in [0.29, 0.717) is 29.9 Å². The van der Waals surface area contributed by atoms with Crippen molar-refractivity contribution in [3.05, 3.63) is 77.3 Å². The Labute approximate surface area is 170 Å². The summed E-state index contributed by atoms with van der Waals surface area (Å²) in [6.45, 7) is 5.27. The average Bonchev–Trinajstić information content (AvgIpc) is 2.66. The first-order valence-corrected chi connectivity index (χ1v) is 9.71. The van der Waals surface area contributed by atoms with Crippen molar-refractivity contribution in [2.24, 2.45) is 5.41 Å². The number of aromatic nitrogens is 1. The number of Topliss-reactive ketones (excluding diaryl/α,β-unsaturated/α-hetero) is 2. The molecular weight excluding hydrogens is 366 g/mol. The van der Waals surface area contributed by atoms with Gasteiger partial charge in [-0.15, -0.1) is 0 Å². The number of nitrogens with zero attached hydrogens (tertiary/aromatic N) is 1. The van der Waals surface area contributed by atoms with E-state index in [-0.39, 0.29) is 23.4 Å². The van der Waals surface area contributed by atoms with Crippen LogP contribution in [0.2, 0.25) is 0 Å². The van der Waals surface area contributed by atoms with E-state index < -0.39 is 11.9 Å². The van der Waals surface area contributed by atoms with Gasteiger partial charge in [0.15, 0.2) is 11.6 Å². The maximum Gasteiger partial charge on any atom is 0.307 e. The third-order valence-electron chi connectivity index (χ3n) is 5.04. The second-order valence-corrected chi connectivity index (χ2v) is 8.18. The van der Waals surface area contributed by atoms with E-state index in [4.69, 9.17) is 4.74 Å². The van der Waals surface area contributed by atoms with Crippen LogP contribution < -0.4 is 0 Å². The molecule has 0 saturated carbocycles. The van der Waals surface area contributed by atoms with Gasteiger partial charge in [-0.2, -0.15) is 0 Å². The Balaban J connectivity index is 2.08. The van der Waals surface area contributed by atoms with Gasteiger partial charge in [0.05, 0.1) is 0 Å². The van der Waals surface area contributed by atoms with Gasteiger partial charge in [-0.25, -0.2) is 0 Å². The topological polar surface area (TPSA) is 73.3 Å². The Bertz CT molecular complexity index is 945. The molecule has 5 nitrogen and oxygen atoms in total. The van der Waals surface area contributed by atoms with Gasteiger partial charge in [0, 0.05) is 43.9 Å². The first-order valence-electron chi connectivity index (χ1n) is 9.71. The van der Waals surface area contributed by atoms with Gasteiger partial charge in [0.25, 0.3) is 0 Å². The smallest absolute Gasteiger partial charge is 0.307 e. The van der Waals surface area contributed by atoms with Crippen molar-refractivity contribution in [3.63, 3.8) is 0 Å². The summed E-state index contributed by atoms with van der Waals surface area (Å²) in [7, 11) is 0. The molecule has 0 aliphatic heterocycles. The monoisotopic (exact) mass is 391 g/mol. The molecule has 1 aromatic carbocycles. The minimum atomic E-state index is -0.497. The number of carbonyl (C=O) groups excluding carboxylic acids is 3. The quantitative estimate of drug-likeness (QED) is 0.530. The van der Waals surface area contributed by atoms with Crippen molar-refractivity contribution in [2.75, 3.05) is 0 Å². The van der Waals surface area contributed by atoms with Crippen LogP contribution in [0.4, 0.5) is 0 Å². The van der Waals surface area contributed by atoms with Crippen LogP contribution >= 0.6 is 0 Å². The Morgan fingerprint density at radius 1 is 1.07 bits per heavy atom. The van der Waals surface area contributed by atoms with Crippen molar-refractivity contribution >= 4 is 17.5 Å². The zero-order valence-electron chi connectivity index (χ0n) is 17.0. The fourth-order valence-corrected chi connectivity index (χ4v) is 3.82. The molecule has 0 spiro atoms. The Kier molecular flexibility index (Phi) is 6.06. The summed E-state index contributed by atoms with van der Waals surface area (Å²) in [5.41, 5.74) is 1.31. The average molecular weight is 391 g/mol. The van der Waals surface area contributed by atoms with Gasteiger partial charge in [-0.3, -0.25) is 19.4 Å². The number of carbonyl (C=O) groups is 3. The summed E-state index contributed by atoms with van der Waals surface area (Å²) in [6, 6.07) is 14.6. The summed E-state index contributed by atoms with van der Waals surface area (Å²) in [6.07, 6.45) is 2.46. The van der Waals surface area contributed by atoms with Gasteiger partial charge in [-0.05, 0) is 23.1 Å². The molecule has 1 aromatic heterocycles. The molecule has 0 N–H and O–H groups in total. The first-order chi connectivity index (χ1) is 13.8. The summed E-state index contributed by atoms with van der Waals surface area (Å²) in [5.74, 6) is -0.831. The van der Waals surface area contributed by atoms with Crippen molar-refractivity contribution in [1.29, 1.82) is 0 Å². The molecule has 29 heavy (non-hydrogen) atoms. The second-order valence-electron chi connectivity index (χ2n) is 8.18. The fraction of sp³-hybridized carbons (Fsp3) is 0.333. The molecule has 0 amide bonds. The number of benzene rings is 1. The lowest BCUT2D eigenvalue weighted by molar-refractivity contribution is -0.138. The van der Waals surface area contributed by atoms with Crippen LogP contribution in [0.3, 0.4) is 0 Å². The SMILES string of the molecule is CC(=O)OC1=C([C@@H](CC(=O)c2ccccn2)c2ccccc2)C(=O)CC(C)(C)C1. The van der Waals surface area contributed by atoms with Crippen molar-refractivity contribution in [2.45, 2.75) is 46.0 Å². The molecule has 1 heterocycles. The summed E-state index contributed by atoms with van der Waals surface area (Å²) in [5, 5.41) is 0. The molecule has 0 fully saturated rings. The molecule has 1 atom stereocenters. The van der Waals surface area contributed by atoms with E-state index in [0.717, 1.165) is 5.56 Å². The largest absolute Gasteiger partial charge is 0.431 e. The molecule has 0 radical (unpaired) electrons. The van der Waals surface area contributed by atoms with Crippen LogP contribution in [-0.2, 0) is 14.3 Å². The number of esters is 1. The molecule has 5 heteroatoms. The second kappa shape index (κ2) is 8.52. The van der Waals surface area contributed by atoms with Crippen molar-refractivity contribution in [1.82, 2.24) is 4.98 Å². The zero-order valence-corrected chi connectivity index (χ0v) is 17.0. The van der Waals surface area contributed by atoms with Crippen LogP contribution in [0.25, 0.3) is 0 Å². The maximum atomic E-state index is 13.2. The lowest BCUT2D eigenvalue weighted by atomic mass is 9.71. The minimum absolute atomic E-state index is 0.0767. The third kappa shape index (κ3) is 5.05. The van der Waals surface area contributed by atoms with E-state index in [1.807, 2.05) is 44.2 Å². The molecule has 1 aliphatic carbocycles. The number of hydrogen-bond acceptors (Lipinski definition) is 5. The van der Waals surface area contributed by atoms with E-state index in [2.05, 4.69) is 4.98 Å². The molecular formula is C24H25NO4. The van der Waals surface area contributed by atoms with Gasteiger partial charge in [0.1, 0.15) is 11.5 Å². The first kappa shape index (κ1) is 20.6. The highest BCUT2D eigenvalue weighted by Gasteiger charge is 2.39. The maximum absolute atomic E-state index is 13.2. The van der Waals surface area contributed by atoms with Gasteiger partial charge in [-0.1, -0.05) is 50.2 Å². The van der Waals surface area contributed by atoms with E-state index >= 15 is 0 Å². The molecule has 3 rings (SSSR count). The number of ether oxygens (including phenoxy) is 1. The molecule has 0 saturated heterocycles. The number of pyridine rings is 1. The predicted molar refractivity (Wildman–Crippen MR) is 109 cm³/mol. The normalized spacial score (nSPS) is 17.0. The lowest BCUT2D eigenvalue weighted by Gasteiger charge is -2.34. The zero-order chi connectivity index (χ0) is 21.0. The molecule has 0 bridgehead atoms. The van der Waals surface area contributed by atoms with Gasteiger partial charge in [0.2, 0.25) is 0 Å². The Morgan fingerprint density at radius 3 is 2.38 bits per heavy atom. The molecule has 0 unspecified atom stereocenters. The van der Waals surface area contributed by atoms with Gasteiger partial charge >= 0.3 is 5.97 Å². The summed E-state index contributed by atoms with van der Waals surface area (Å²) >= 11 is 0. The molecule has 2 aromatic rings. The Morgan fingerprint density at radius 2 is 1.76 bits per heavy atom. The number of ketones is 2.